The molecule has 0 N–H and O–H groups in total. The molecule has 0 aromatic heterocycles. The molecule has 2 heteroatoms. The molecule has 9 heavy (non-hydrogen) atoms. The highest BCUT2D eigenvalue weighted by atomic mass is 15.3. The highest BCUT2D eigenvalue weighted by Crippen LogP contribution is 2.09. The van der Waals surface area contributed by atoms with Gasteiger partial charge in [-0.05, 0) is 17.9 Å². The molecular formula is C7H11N2. The molecule has 49 valence electrons. The molecule has 0 unspecified atom stereocenters. The molecule has 0 amide bonds. The van der Waals surface area contributed by atoms with Crippen molar-refractivity contribution >= 4 is 6.21 Å². The third-order valence-electron chi connectivity index (χ3n) is 1.16. The lowest BCUT2D eigenvalue weighted by atomic mass is 10.1. The first kappa shape index (κ1) is 6.33. The minimum Gasteiger partial charge on any atom is -0.159 e. The number of nitrogens with zero attached hydrogens (tertiary/aromatic N) is 2. The second-order valence-electron chi connectivity index (χ2n) is 2.66. The third kappa shape index (κ3) is 1.88. The molecule has 1 aliphatic rings. The Labute approximate surface area is 55.6 Å². The average Bonchev–Trinajstić information content (AvgIpc) is 2.15. The van der Waals surface area contributed by atoms with Crippen LogP contribution < -0.4 is 5.43 Å². The van der Waals surface area contributed by atoms with Gasteiger partial charge in [-0.3, -0.25) is 0 Å². The second-order valence-corrected chi connectivity index (χ2v) is 2.66. The minimum atomic E-state index is 0.705. The Morgan fingerprint density at radius 3 is 2.78 bits per heavy atom. The monoisotopic (exact) mass is 123 g/mol. The summed E-state index contributed by atoms with van der Waals surface area (Å²) in [6, 6.07) is 0. The third-order valence-corrected chi connectivity index (χ3v) is 1.16. The molecule has 1 rings (SSSR count). The summed E-state index contributed by atoms with van der Waals surface area (Å²) in [7, 11) is 0. The maximum Gasteiger partial charge on any atom is 0.0543 e. The fraction of sp³-hybridized carbons (Fsp3) is 0.571. The second kappa shape index (κ2) is 2.67. The van der Waals surface area contributed by atoms with Crippen molar-refractivity contribution < 1.29 is 0 Å². The van der Waals surface area contributed by atoms with Crippen molar-refractivity contribution in [2.45, 2.75) is 20.3 Å². The van der Waals surface area contributed by atoms with Crippen LogP contribution in [0.1, 0.15) is 20.3 Å². The molecular weight excluding hydrogens is 112 g/mol. The smallest absolute Gasteiger partial charge is 0.0543 e. The van der Waals surface area contributed by atoms with Gasteiger partial charge in [0.25, 0.3) is 0 Å². The average molecular weight is 123 g/mol. The summed E-state index contributed by atoms with van der Waals surface area (Å²) >= 11 is 0. The Hall–Kier alpha value is -0.790. The van der Waals surface area contributed by atoms with Crippen LogP contribution in [0.15, 0.2) is 16.9 Å². The van der Waals surface area contributed by atoms with Gasteiger partial charge in [-0.25, -0.2) is 0 Å². The lowest BCUT2D eigenvalue weighted by Gasteiger charge is -1.99. The van der Waals surface area contributed by atoms with E-state index in [2.05, 4.69) is 24.4 Å². The Morgan fingerprint density at radius 1 is 1.56 bits per heavy atom. The SMILES string of the molecule is CC(C)CC1=C[N]N=C1. The van der Waals surface area contributed by atoms with Crippen molar-refractivity contribution in [3.05, 3.63) is 11.8 Å². The minimum absolute atomic E-state index is 0.705. The molecule has 0 fully saturated rings. The first-order valence-corrected chi connectivity index (χ1v) is 3.21. The van der Waals surface area contributed by atoms with Crippen molar-refractivity contribution in [3.63, 3.8) is 0 Å². The van der Waals surface area contributed by atoms with Crippen LogP contribution in [-0.2, 0) is 0 Å². The Kier molecular flexibility index (Phi) is 1.88. The van der Waals surface area contributed by atoms with Gasteiger partial charge in [-0.1, -0.05) is 13.8 Å². The quantitative estimate of drug-likeness (QED) is 0.532. The van der Waals surface area contributed by atoms with Gasteiger partial charge in [-0.2, -0.15) is 10.5 Å². The van der Waals surface area contributed by atoms with Crippen LogP contribution in [0.25, 0.3) is 0 Å². The zero-order valence-electron chi connectivity index (χ0n) is 5.83. The van der Waals surface area contributed by atoms with Crippen LogP contribution in [0.3, 0.4) is 0 Å². The van der Waals surface area contributed by atoms with Crippen molar-refractivity contribution in [1.82, 2.24) is 5.43 Å². The standard InChI is InChI=1S/C7H11N2/c1-6(2)3-7-4-8-9-5-7/h4-6H,3H2,1-2H3. The van der Waals surface area contributed by atoms with E-state index >= 15 is 0 Å². The Morgan fingerprint density at radius 2 is 2.33 bits per heavy atom. The predicted octanol–water partition coefficient (Wildman–Crippen LogP) is 1.52. The molecule has 1 aliphatic heterocycles. The summed E-state index contributed by atoms with van der Waals surface area (Å²) in [6.07, 6.45) is 4.73. The van der Waals surface area contributed by atoms with E-state index in [0.29, 0.717) is 5.92 Å². The molecule has 0 saturated carbocycles. The summed E-state index contributed by atoms with van der Waals surface area (Å²) in [5.74, 6) is 0.705. The van der Waals surface area contributed by atoms with Gasteiger partial charge in [0.2, 0.25) is 0 Å². The summed E-state index contributed by atoms with van der Waals surface area (Å²) in [6.45, 7) is 4.38. The molecule has 1 heterocycles. The molecule has 0 atom stereocenters. The normalized spacial score (nSPS) is 16.1. The maximum atomic E-state index is 3.73. The van der Waals surface area contributed by atoms with Gasteiger partial charge in [0.05, 0.1) is 12.4 Å². The van der Waals surface area contributed by atoms with Crippen LogP contribution in [0, 0.1) is 5.92 Å². The van der Waals surface area contributed by atoms with Gasteiger partial charge in [0, 0.05) is 0 Å². The first-order valence-electron chi connectivity index (χ1n) is 3.21. The fourth-order valence-corrected chi connectivity index (χ4v) is 0.825. The molecule has 0 aliphatic carbocycles. The van der Waals surface area contributed by atoms with Crippen molar-refractivity contribution in [2.24, 2.45) is 11.0 Å². The van der Waals surface area contributed by atoms with E-state index in [4.69, 9.17) is 0 Å². The highest BCUT2D eigenvalue weighted by Gasteiger charge is 2.01. The number of hydrogen-bond donors (Lipinski definition) is 0. The maximum absolute atomic E-state index is 3.73. The van der Waals surface area contributed by atoms with E-state index < -0.39 is 0 Å². The summed E-state index contributed by atoms with van der Waals surface area (Å²) in [5, 5.41) is 3.73. The lowest BCUT2D eigenvalue weighted by Crippen LogP contribution is -1.89. The van der Waals surface area contributed by atoms with E-state index in [1.165, 1.54) is 5.57 Å². The topological polar surface area (TPSA) is 26.5 Å². The van der Waals surface area contributed by atoms with E-state index in [1.807, 2.05) is 12.4 Å². The number of rotatable bonds is 2. The van der Waals surface area contributed by atoms with E-state index in [-0.39, 0.29) is 0 Å². The Balaban J connectivity index is 2.35. The van der Waals surface area contributed by atoms with Gasteiger partial charge >= 0.3 is 0 Å². The molecule has 0 aromatic carbocycles. The lowest BCUT2D eigenvalue weighted by molar-refractivity contribution is 0.655. The fourth-order valence-electron chi connectivity index (χ4n) is 0.825. The van der Waals surface area contributed by atoms with Gasteiger partial charge in [0.15, 0.2) is 0 Å². The van der Waals surface area contributed by atoms with Crippen LogP contribution in [-0.4, -0.2) is 6.21 Å². The van der Waals surface area contributed by atoms with Crippen molar-refractivity contribution in [2.75, 3.05) is 0 Å². The molecule has 1 radical (unpaired) electrons. The Bertz CT molecular complexity index is 145. The summed E-state index contributed by atoms with van der Waals surface area (Å²) in [5.41, 5.74) is 4.97. The molecule has 0 spiro atoms. The predicted molar refractivity (Wildman–Crippen MR) is 38.2 cm³/mol. The van der Waals surface area contributed by atoms with E-state index in [1.54, 1.807) is 0 Å². The van der Waals surface area contributed by atoms with Crippen LogP contribution in [0.4, 0.5) is 0 Å². The molecule has 0 aromatic rings. The van der Waals surface area contributed by atoms with Crippen LogP contribution in [0.2, 0.25) is 0 Å². The number of allylic oxidation sites excluding steroid dienone is 1. The largest absolute Gasteiger partial charge is 0.159 e. The summed E-state index contributed by atoms with van der Waals surface area (Å²) in [4.78, 5) is 0. The molecule has 0 bridgehead atoms. The molecule has 2 nitrogen and oxygen atoms in total. The van der Waals surface area contributed by atoms with E-state index in [0.717, 1.165) is 6.42 Å². The van der Waals surface area contributed by atoms with Gasteiger partial charge in [-0.15, -0.1) is 0 Å². The van der Waals surface area contributed by atoms with E-state index in [9.17, 15) is 0 Å². The first-order chi connectivity index (χ1) is 4.29. The van der Waals surface area contributed by atoms with Crippen molar-refractivity contribution in [1.29, 1.82) is 0 Å². The van der Waals surface area contributed by atoms with Crippen molar-refractivity contribution in [3.8, 4) is 0 Å². The van der Waals surface area contributed by atoms with Gasteiger partial charge < -0.3 is 0 Å². The highest BCUT2D eigenvalue weighted by molar-refractivity contribution is 5.79. The molecule has 0 saturated heterocycles. The summed E-state index contributed by atoms with van der Waals surface area (Å²) < 4.78 is 0. The van der Waals surface area contributed by atoms with Crippen LogP contribution in [0.5, 0.6) is 0 Å². The zero-order valence-corrected chi connectivity index (χ0v) is 5.83. The number of hydrogen-bond acceptors (Lipinski definition) is 1. The van der Waals surface area contributed by atoms with Gasteiger partial charge in [0.1, 0.15) is 0 Å². The van der Waals surface area contributed by atoms with Crippen LogP contribution >= 0.6 is 0 Å². The zero-order chi connectivity index (χ0) is 6.69.